The molecule has 0 atom stereocenters. The van der Waals surface area contributed by atoms with Crippen molar-refractivity contribution in [3.8, 4) is 74.0 Å². The van der Waals surface area contributed by atoms with Gasteiger partial charge in [-0.25, -0.2) is 24.6 Å². The van der Waals surface area contributed by atoms with Crippen molar-refractivity contribution in [2.24, 2.45) is 0 Å². The van der Waals surface area contributed by atoms with Crippen molar-refractivity contribution in [2.45, 2.75) is 83.1 Å². The molecule has 0 aliphatic carbocycles. The number of fused-ring (bicyclic) bond motifs is 18. The molecule has 0 radical (unpaired) electrons. The molecule has 0 fully saturated rings. The van der Waals surface area contributed by atoms with Gasteiger partial charge in [0.25, 0.3) is 0 Å². The average Bonchev–Trinajstić information content (AvgIpc) is 1.56. The number of hydrogen-bond donors (Lipinski definition) is 0. The Balaban J connectivity index is 0.000000116. The second-order valence-corrected chi connectivity index (χ2v) is 35.8. The molecule has 0 unspecified atom stereocenters. The number of hydrogen-bond acceptors (Lipinski definition) is 4. The van der Waals surface area contributed by atoms with E-state index in [1.807, 2.05) is 79.3 Å². The van der Waals surface area contributed by atoms with Crippen LogP contribution in [0.25, 0.3) is 208 Å². The van der Waals surface area contributed by atoms with Gasteiger partial charge in [0.2, 0.25) is 0 Å². The summed E-state index contributed by atoms with van der Waals surface area (Å²) in [5.41, 5.74) is 38.9. The summed E-state index contributed by atoms with van der Waals surface area (Å²) >= 11 is 0. The minimum absolute atomic E-state index is 0.614. The second kappa shape index (κ2) is 31.8. The Kier molecular flexibility index (Phi) is 19.5. The van der Waals surface area contributed by atoms with Gasteiger partial charge < -0.3 is 13.7 Å². The largest absolute Gasteiger partial charge is 0.305 e. The van der Waals surface area contributed by atoms with E-state index in [1.165, 1.54) is 131 Å². The SMILES string of the molecule is Cc1ccc2c(c1)c1cc(C)ccc1n2-c1nccc(-c2ccc(C#N)cc2)c1-n1c2ccc(C)cc2c2cc(C)ccc21.[C-]#[N+]c1cccc(-c2ccnc(-n3c4ccc(C)cc4c4cc(C)ccc43)c2-n2c3ccc(C)cc3c3cc(C)ccc32)c1.[C-]#[N+]c1ccccc1-c1ccnc(-n2c3ccc(C)cc3c3cc(C)ccc32)c1-n1c2ccc(C)cc2c2cc(C)ccc21. The molecule has 15 aromatic carbocycles. The van der Waals surface area contributed by atoms with Gasteiger partial charge in [0.05, 0.1) is 108 Å². The van der Waals surface area contributed by atoms with Gasteiger partial charge in [-0.2, -0.15) is 5.26 Å². The lowest BCUT2D eigenvalue weighted by atomic mass is 10.0. The number of pyridine rings is 3. The van der Waals surface area contributed by atoms with E-state index in [-0.39, 0.29) is 0 Å². The molecule has 0 spiro atoms. The van der Waals surface area contributed by atoms with Crippen LogP contribution in [-0.4, -0.2) is 42.4 Å². The zero-order valence-electron chi connectivity index (χ0n) is 75.5. The van der Waals surface area contributed by atoms with E-state index in [0.717, 1.165) is 134 Å². The van der Waals surface area contributed by atoms with Crippen LogP contribution in [0.5, 0.6) is 0 Å². The maximum Gasteiger partial charge on any atom is 0.194 e. The fraction of sp³-hybridized carbons (Fsp3) is 0.100. The monoisotopic (exact) mass is 1700 g/mol. The number of nitrogens with zero attached hydrogens (tertiary/aromatic N) is 12. The Morgan fingerprint density at radius 3 is 0.742 bits per heavy atom. The molecule has 0 aliphatic heterocycles. The third-order valence-corrected chi connectivity index (χ3v) is 26.4. The van der Waals surface area contributed by atoms with Crippen LogP contribution in [0.15, 0.2) is 328 Å². The summed E-state index contributed by atoms with van der Waals surface area (Å²) in [6.45, 7) is 41.5. The zero-order valence-corrected chi connectivity index (χ0v) is 75.5. The van der Waals surface area contributed by atoms with Crippen molar-refractivity contribution in [2.75, 3.05) is 0 Å². The highest BCUT2D eigenvalue weighted by Gasteiger charge is 2.30. The van der Waals surface area contributed by atoms with Gasteiger partial charge in [0.15, 0.2) is 28.8 Å². The van der Waals surface area contributed by atoms with Crippen LogP contribution in [0, 0.1) is 108 Å². The summed E-state index contributed by atoms with van der Waals surface area (Å²) in [5, 5.41) is 24.1. The minimum Gasteiger partial charge on any atom is -0.305 e. The smallest absolute Gasteiger partial charge is 0.194 e. The number of aryl methyl sites for hydroxylation is 12. The standard InChI is InChI=1S/3C40H30N4/c1-24-5-13-35-31(19-24)32-20-25(2)6-14-36(32)43(35)39-30(29-11-9-28(23-41)10-12-29)17-18-42-40(39)44-37-15-7-26(3)21-33(37)34-22-27(4)8-16-38(34)44;1-24-9-13-35-31(19-24)32-20-25(2)10-14-36(32)43(35)39-30(28-7-6-8-29(23-28)41-5)17-18-42-40(39)44-37-15-11-26(3)21-33(37)34-22-27(4)12-16-38(34)44;1-24-10-14-35-30(20-24)31-21-25(2)11-15-36(31)43(35)39-29(28-8-6-7-9-34(28)41-5)18-19-42-40(39)44-37-16-12-26(3)22-32(37)33-23-27(4)13-17-38(33)44/h5-22H,1-4H3;2*6-23H,1-4H3. The molecule has 9 aromatic heterocycles. The number of rotatable bonds is 9. The van der Waals surface area contributed by atoms with Crippen molar-refractivity contribution < 1.29 is 0 Å². The molecular formula is C120H90N12. The first kappa shape index (κ1) is 80.8. The molecule has 0 saturated carbocycles. The van der Waals surface area contributed by atoms with E-state index >= 15 is 0 Å². The van der Waals surface area contributed by atoms with Crippen molar-refractivity contribution in [1.29, 1.82) is 5.26 Å². The fourth-order valence-electron chi connectivity index (χ4n) is 20.3. The Bertz CT molecular complexity index is 8810. The molecule has 0 N–H and O–H groups in total. The average molecular weight is 1700 g/mol. The van der Waals surface area contributed by atoms with Crippen molar-refractivity contribution in [3.05, 3.63) is 423 Å². The molecular weight excluding hydrogens is 1610 g/mol. The van der Waals surface area contributed by atoms with Gasteiger partial charge in [0.1, 0.15) is 0 Å². The van der Waals surface area contributed by atoms with Crippen LogP contribution >= 0.6 is 0 Å². The molecule has 630 valence electrons. The van der Waals surface area contributed by atoms with Crippen LogP contribution in [-0.2, 0) is 0 Å². The predicted octanol–water partition coefficient (Wildman–Crippen LogP) is 31.5. The highest BCUT2D eigenvalue weighted by molar-refractivity contribution is 6.17. The maximum atomic E-state index is 9.53. The van der Waals surface area contributed by atoms with E-state index in [1.54, 1.807) is 0 Å². The second-order valence-electron chi connectivity index (χ2n) is 35.8. The molecule has 24 rings (SSSR count). The summed E-state index contributed by atoms with van der Waals surface area (Å²) in [4.78, 5) is 23.2. The minimum atomic E-state index is 0.614. The van der Waals surface area contributed by atoms with Crippen LogP contribution in [0.4, 0.5) is 11.4 Å². The normalized spacial score (nSPS) is 11.6. The quantitative estimate of drug-likeness (QED) is 0.134. The summed E-state index contributed by atoms with van der Waals surface area (Å²) < 4.78 is 14.1. The Morgan fingerprint density at radius 1 is 0.227 bits per heavy atom. The first-order valence-corrected chi connectivity index (χ1v) is 44.8. The lowest BCUT2D eigenvalue weighted by molar-refractivity contribution is 1.03. The highest BCUT2D eigenvalue weighted by Crippen LogP contribution is 2.49. The first-order valence-electron chi connectivity index (χ1n) is 44.8. The summed E-state index contributed by atoms with van der Waals surface area (Å²) in [7, 11) is 0. The molecule has 0 amide bonds. The fourth-order valence-corrected chi connectivity index (χ4v) is 20.3. The van der Waals surface area contributed by atoms with Gasteiger partial charge >= 0.3 is 0 Å². The van der Waals surface area contributed by atoms with E-state index in [9.17, 15) is 5.26 Å². The van der Waals surface area contributed by atoms with Gasteiger partial charge in [-0.3, -0.25) is 13.7 Å². The summed E-state index contributed by atoms with van der Waals surface area (Å²) in [5.74, 6) is 2.54. The van der Waals surface area contributed by atoms with Crippen LogP contribution in [0.3, 0.4) is 0 Å². The maximum absolute atomic E-state index is 9.53. The van der Waals surface area contributed by atoms with E-state index in [4.69, 9.17) is 28.1 Å². The molecule has 132 heavy (non-hydrogen) atoms. The van der Waals surface area contributed by atoms with Crippen molar-refractivity contribution in [1.82, 2.24) is 42.4 Å². The van der Waals surface area contributed by atoms with E-state index in [2.05, 4.69) is 375 Å². The predicted molar refractivity (Wildman–Crippen MR) is 549 cm³/mol. The van der Waals surface area contributed by atoms with E-state index in [0.29, 0.717) is 16.9 Å². The molecule has 0 bridgehead atoms. The number of nitriles is 1. The number of para-hydroxylation sites is 1. The Hall–Kier alpha value is -17.0. The lowest BCUT2D eigenvalue weighted by Gasteiger charge is -2.20. The lowest BCUT2D eigenvalue weighted by Crippen LogP contribution is -2.08. The Labute approximate surface area is 764 Å². The van der Waals surface area contributed by atoms with Gasteiger partial charge in [-0.05, 0) is 282 Å². The molecule has 0 aliphatic rings. The van der Waals surface area contributed by atoms with Crippen LogP contribution in [0.1, 0.15) is 72.3 Å². The van der Waals surface area contributed by atoms with Crippen LogP contribution < -0.4 is 0 Å². The third-order valence-electron chi connectivity index (χ3n) is 26.4. The highest BCUT2D eigenvalue weighted by atomic mass is 15.2. The first-order chi connectivity index (χ1) is 64.2. The van der Waals surface area contributed by atoms with Crippen molar-refractivity contribution >= 4 is 142 Å². The number of aromatic nitrogens is 9. The number of benzene rings is 15. The summed E-state index contributed by atoms with van der Waals surface area (Å²) in [6.07, 6.45) is 5.70. The molecule has 24 aromatic rings. The van der Waals surface area contributed by atoms with Gasteiger partial charge in [-0.15, -0.1) is 0 Å². The molecule has 9 heterocycles. The topological polar surface area (TPSA) is 101 Å². The van der Waals surface area contributed by atoms with Crippen LogP contribution in [0.2, 0.25) is 0 Å². The molecule has 12 heteroatoms. The molecule has 12 nitrogen and oxygen atoms in total. The zero-order chi connectivity index (χ0) is 90.3. The Morgan fingerprint density at radius 2 is 0.477 bits per heavy atom. The van der Waals surface area contributed by atoms with E-state index < -0.39 is 0 Å². The third kappa shape index (κ3) is 13.3. The van der Waals surface area contributed by atoms with Crippen molar-refractivity contribution in [3.63, 3.8) is 0 Å². The van der Waals surface area contributed by atoms with Gasteiger partial charge in [-0.1, -0.05) is 194 Å². The van der Waals surface area contributed by atoms with Gasteiger partial charge in [0, 0.05) is 99.9 Å². The molecule has 0 saturated heterocycles. The summed E-state index contributed by atoms with van der Waals surface area (Å²) in [6, 6.07) is 112.